The number of amides is 1. The van der Waals surface area contributed by atoms with E-state index >= 15 is 0 Å². The summed E-state index contributed by atoms with van der Waals surface area (Å²) in [5, 5.41) is 3.56. The fraction of sp³-hybridized carbons (Fsp3) is 0.121. The molecule has 0 aliphatic carbocycles. The lowest BCUT2D eigenvalue weighted by atomic mass is 9.64. The number of ketones is 2. The van der Waals surface area contributed by atoms with Gasteiger partial charge in [-0.25, -0.2) is 0 Å². The van der Waals surface area contributed by atoms with E-state index in [2.05, 4.69) is 5.32 Å². The van der Waals surface area contributed by atoms with Crippen molar-refractivity contribution in [3.63, 3.8) is 0 Å². The van der Waals surface area contributed by atoms with E-state index in [-0.39, 0.29) is 17.5 Å². The van der Waals surface area contributed by atoms with Crippen LogP contribution in [-0.4, -0.2) is 29.6 Å². The minimum absolute atomic E-state index is 0.231. The summed E-state index contributed by atoms with van der Waals surface area (Å²) >= 11 is 6.15. The maximum atomic E-state index is 14.6. The number of rotatable bonds is 4. The smallest absolute Gasteiger partial charge is 0.238 e. The molecule has 1 N–H and O–H groups in total. The number of carbonyl (C=O) groups is 3. The Morgan fingerprint density at radius 1 is 0.769 bits per heavy atom. The summed E-state index contributed by atoms with van der Waals surface area (Å²) in [6.45, 7) is 0. The number of nitrogens with zero attached hydrogens (tertiary/aromatic N) is 1. The molecule has 190 valence electrons. The van der Waals surface area contributed by atoms with Crippen molar-refractivity contribution in [1.82, 2.24) is 0 Å². The van der Waals surface area contributed by atoms with Crippen molar-refractivity contribution in [3.8, 4) is 0 Å². The van der Waals surface area contributed by atoms with Crippen molar-refractivity contribution >= 4 is 46.5 Å². The highest BCUT2D eigenvalue weighted by Gasteiger charge is 2.70. The van der Waals surface area contributed by atoms with Gasteiger partial charge in [-0.15, -0.1) is 0 Å². The fourth-order valence-electron chi connectivity index (χ4n) is 6.69. The summed E-state index contributed by atoms with van der Waals surface area (Å²) < 4.78 is 0. The first-order valence-corrected chi connectivity index (χ1v) is 13.2. The first-order valence-electron chi connectivity index (χ1n) is 12.9. The van der Waals surface area contributed by atoms with Gasteiger partial charge in [0, 0.05) is 27.5 Å². The van der Waals surface area contributed by atoms with Gasteiger partial charge in [-0.3, -0.25) is 14.4 Å². The van der Waals surface area contributed by atoms with Gasteiger partial charge in [-0.2, -0.15) is 0 Å². The third-order valence-corrected chi connectivity index (χ3v) is 8.53. The number of anilines is 2. The number of halogens is 1. The molecule has 0 aromatic heterocycles. The molecule has 6 heteroatoms. The summed E-state index contributed by atoms with van der Waals surface area (Å²) in [5.41, 5.74) is 2.72. The summed E-state index contributed by atoms with van der Waals surface area (Å²) in [5.74, 6) is -1.74. The maximum absolute atomic E-state index is 14.6. The van der Waals surface area contributed by atoms with Gasteiger partial charge < -0.3 is 10.2 Å². The first kappa shape index (κ1) is 23.6. The number of fused-ring (bicyclic) bond motifs is 6. The molecule has 1 amide bonds. The predicted molar refractivity (Wildman–Crippen MR) is 152 cm³/mol. The number of benzene rings is 4. The van der Waals surface area contributed by atoms with Gasteiger partial charge in [0.05, 0.1) is 12.0 Å². The molecule has 4 aromatic carbocycles. The summed E-state index contributed by atoms with van der Waals surface area (Å²) in [6, 6.07) is 29.5. The van der Waals surface area contributed by atoms with Crippen molar-refractivity contribution in [2.24, 2.45) is 5.92 Å². The largest absolute Gasteiger partial charge is 0.352 e. The second kappa shape index (κ2) is 8.79. The zero-order chi connectivity index (χ0) is 26.7. The van der Waals surface area contributed by atoms with Crippen LogP contribution in [0.3, 0.4) is 0 Å². The van der Waals surface area contributed by atoms with E-state index in [0.29, 0.717) is 21.8 Å². The number of hydrogen-bond acceptors (Lipinski definition) is 4. The molecule has 0 saturated carbocycles. The minimum Gasteiger partial charge on any atom is -0.352 e. The molecule has 4 unspecified atom stereocenters. The highest BCUT2D eigenvalue weighted by atomic mass is 35.5. The lowest BCUT2D eigenvalue weighted by Crippen LogP contribution is -2.51. The Labute approximate surface area is 230 Å². The molecular weight excluding hydrogens is 508 g/mol. The zero-order valence-electron chi connectivity index (χ0n) is 20.8. The number of carbonyl (C=O) groups excluding carboxylic acids is 3. The van der Waals surface area contributed by atoms with E-state index in [1.54, 1.807) is 48.5 Å². The molecule has 4 aromatic rings. The fourth-order valence-corrected chi connectivity index (χ4v) is 6.81. The van der Waals surface area contributed by atoms with Crippen LogP contribution in [0.2, 0.25) is 5.02 Å². The Kier molecular flexibility index (Phi) is 5.32. The molecule has 1 saturated heterocycles. The monoisotopic (exact) mass is 530 g/mol. The molecule has 4 atom stereocenters. The van der Waals surface area contributed by atoms with Gasteiger partial charge in [0.25, 0.3) is 0 Å². The molecule has 39 heavy (non-hydrogen) atoms. The van der Waals surface area contributed by atoms with E-state index in [4.69, 9.17) is 11.6 Å². The van der Waals surface area contributed by atoms with E-state index in [0.717, 1.165) is 16.8 Å². The number of para-hydroxylation sites is 2. The van der Waals surface area contributed by atoms with Crippen LogP contribution in [0.15, 0.2) is 109 Å². The third-order valence-electron chi connectivity index (χ3n) is 8.28. The number of Topliss-reactive ketones (excluding diaryl/α,β-unsaturated/α-hetero) is 2. The molecule has 3 heterocycles. The van der Waals surface area contributed by atoms with Crippen LogP contribution in [0.1, 0.15) is 31.8 Å². The molecule has 0 radical (unpaired) electrons. The minimum atomic E-state index is -1.32. The van der Waals surface area contributed by atoms with Crippen LogP contribution >= 0.6 is 11.6 Å². The molecule has 7 rings (SSSR count). The predicted octanol–water partition coefficient (Wildman–Crippen LogP) is 6.20. The van der Waals surface area contributed by atoms with Crippen LogP contribution in [0.5, 0.6) is 0 Å². The normalized spacial score (nSPS) is 24.2. The van der Waals surface area contributed by atoms with Crippen LogP contribution in [0.4, 0.5) is 11.4 Å². The lowest BCUT2D eigenvalue weighted by Gasteiger charge is -2.37. The highest BCUT2D eigenvalue weighted by molar-refractivity contribution is 6.30. The molecule has 3 aliphatic rings. The molecule has 5 nitrogen and oxygen atoms in total. The summed E-state index contributed by atoms with van der Waals surface area (Å²) in [4.78, 5) is 45.4. The van der Waals surface area contributed by atoms with Crippen LogP contribution in [0.25, 0.3) is 6.08 Å². The molecular formula is C33H23ClN2O3. The SMILES string of the molecule is O=C(c1ccc(Cl)cc1)C1C(C(=O)c2ccccc2)C2(C(=O)Nc3ccccc32)C2C=Cc3ccccc3N12. The third kappa shape index (κ3) is 3.30. The van der Waals surface area contributed by atoms with Crippen molar-refractivity contribution in [3.05, 3.63) is 136 Å². The van der Waals surface area contributed by atoms with E-state index in [1.165, 1.54) is 0 Å². The first-order chi connectivity index (χ1) is 19.0. The molecule has 0 bridgehead atoms. The molecule has 1 spiro atoms. The lowest BCUT2D eigenvalue weighted by molar-refractivity contribution is -0.121. The van der Waals surface area contributed by atoms with Gasteiger partial charge in [-0.05, 0) is 47.5 Å². The molecule has 3 aliphatic heterocycles. The van der Waals surface area contributed by atoms with E-state index in [9.17, 15) is 14.4 Å². The standard InChI is InChI=1S/C33H23ClN2O3/c34-23-17-14-22(15-18-23)31(38)29-28(30(37)21-9-2-1-3-10-21)33(24-11-5-6-12-25(24)35-32(33)39)27-19-16-20-8-4-7-13-26(20)36(27)29/h1-19,27-29H,(H,35,39). The van der Waals surface area contributed by atoms with E-state index < -0.39 is 23.4 Å². The van der Waals surface area contributed by atoms with E-state index in [1.807, 2.05) is 71.6 Å². The topological polar surface area (TPSA) is 66.5 Å². The number of hydrogen-bond donors (Lipinski definition) is 1. The maximum Gasteiger partial charge on any atom is 0.238 e. The van der Waals surface area contributed by atoms with Gasteiger partial charge in [0.2, 0.25) is 5.91 Å². The van der Waals surface area contributed by atoms with Crippen LogP contribution in [0, 0.1) is 5.92 Å². The highest BCUT2D eigenvalue weighted by Crippen LogP contribution is 2.58. The second-order valence-corrected chi connectivity index (χ2v) is 10.6. The quantitative estimate of drug-likeness (QED) is 0.319. The second-order valence-electron chi connectivity index (χ2n) is 10.2. The van der Waals surface area contributed by atoms with Gasteiger partial charge in [-0.1, -0.05) is 90.5 Å². The summed E-state index contributed by atoms with van der Waals surface area (Å²) in [7, 11) is 0. The Morgan fingerprint density at radius 3 is 2.23 bits per heavy atom. The average Bonchev–Trinajstić information content (AvgIpc) is 3.45. The Balaban J connectivity index is 1.54. The van der Waals surface area contributed by atoms with Gasteiger partial charge in [0.1, 0.15) is 11.5 Å². The van der Waals surface area contributed by atoms with Crippen molar-refractivity contribution < 1.29 is 14.4 Å². The molecule has 1 fully saturated rings. The van der Waals surface area contributed by atoms with Crippen molar-refractivity contribution in [2.45, 2.75) is 17.5 Å². The van der Waals surface area contributed by atoms with Crippen molar-refractivity contribution in [1.29, 1.82) is 0 Å². The van der Waals surface area contributed by atoms with Crippen LogP contribution < -0.4 is 10.2 Å². The van der Waals surface area contributed by atoms with Gasteiger partial charge in [0.15, 0.2) is 11.6 Å². The van der Waals surface area contributed by atoms with Crippen molar-refractivity contribution in [2.75, 3.05) is 10.2 Å². The average molecular weight is 531 g/mol. The Morgan fingerprint density at radius 2 is 1.44 bits per heavy atom. The Bertz CT molecular complexity index is 1680. The van der Waals surface area contributed by atoms with Gasteiger partial charge >= 0.3 is 0 Å². The summed E-state index contributed by atoms with van der Waals surface area (Å²) in [6.07, 6.45) is 3.97. The Hall–Kier alpha value is -4.48. The zero-order valence-corrected chi connectivity index (χ0v) is 21.5. The number of nitrogens with one attached hydrogen (secondary N) is 1. The van der Waals surface area contributed by atoms with Crippen LogP contribution in [-0.2, 0) is 10.2 Å².